The molecule has 7 heteroatoms. The van der Waals surface area contributed by atoms with Crippen LogP contribution in [0.2, 0.25) is 36.3 Å². The molecule has 0 amide bonds. The van der Waals surface area contributed by atoms with Gasteiger partial charge < -0.3 is 8.43 Å². The summed E-state index contributed by atoms with van der Waals surface area (Å²) in [7, 11) is -3.81. The number of hydrogen-bond donors (Lipinski definition) is 0. The van der Waals surface area contributed by atoms with E-state index in [-0.39, 0.29) is 0 Å². The van der Waals surface area contributed by atoms with Gasteiger partial charge in [0.25, 0.3) is 0 Å². The van der Waals surface area contributed by atoms with Gasteiger partial charge in [-0.3, -0.25) is 0 Å². The van der Waals surface area contributed by atoms with Crippen LogP contribution in [0.25, 0.3) is 0 Å². The third-order valence-electron chi connectivity index (χ3n) is 4.47. The fourth-order valence-corrected chi connectivity index (χ4v) is 18.2. The summed E-state index contributed by atoms with van der Waals surface area (Å²) in [6.07, 6.45) is -3.10. The minimum atomic E-state index is -3.10. The summed E-state index contributed by atoms with van der Waals surface area (Å²) in [4.78, 5) is 0. The van der Waals surface area contributed by atoms with Crippen molar-refractivity contribution in [3.63, 3.8) is 0 Å². The summed E-state index contributed by atoms with van der Waals surface area (Å²) in [5.41, 5.74) is 0. The van der Waals surface area contributed by atoms with Crippen molar-refractivity contribution >= 4 is 38.4 Å². The van der Waals surface area contributed by atoms with E-state index in [9.17, 15) is 4.57 Å². The third kappa shape index (κ3) is 5.75. The lowest BCUT2D eigenvalue weighted by atomic mass is 10.9. The summed E-state index contributed by atoms with van der Waals surface area (Å²) >= 11 is 3.28. The minimum Gasteiger partial charge on any atom is -0.343 e. The summed E-state index contributed by atoms with van der Waals surface area (Å²) in [5, 5.41) is 0. The Morgan fingerprint density at radius 2 is 0.947 bits per heavy atom. The molecule has 0 radical (unpaired) electrons. The average Bonchev–Trinajstić information content (AvgIpc) is 2.42. The van der Waals surface area contributed by atoms with E-state index in [2.05, 4.69) is 57.0 Å². The zero-order chi connectivity index (χ0) is 15.2. The molecule has 0 N–H and O–H groups in total. The van der Waals surface area contributed by atoms with E-state index in [1.54, 1.807) is 0 Å². The van der Waals surface area contributed by atoms with Crippen molar-refractivity contribution < 1.29 is 13.0 Å². The van der Waals surface area contributed by atoms with Gasteiger partial charge in [-0.25, -0.2) is 4.57 Å². The predicted molar refractivity (Wildman–Crippen MR) is 93.1 cm³/mol. The summed E-state index contributed by atoms with van der Waals surface area (Å²) in [6.45, 7) is 12.8. The maximum absolute atomic E-state index is 12.7. The van der Waals surface area contributed by atoms with Crippen LogP contribution in [0, 0.1) is 0 Å². The Morgan fingerprint density at radius 3 is 1.11 bits per heavy atom. The number of halogens is 1. The van der Waals surface area contributed by atoms with Crippen LogP contribution < -0.4 is 0 Å². The highest BCUT2D eigenvalue weighted by molar-refractivity contribution is 9.39. The molecule has 19 heavy (non-hydrogen) atoms. The van der Waals surface area contributed by atoms with Gasteiger partial charge >= 0.3 is 6.30 Å². The van der Waals surface area contributed by atoms with E-state index in [0.29, 0.717) is 0 Å². The summed E-state index contributed by atoms with van der Waals surface area (Å²) < 4.78 is 24.9. The Morgan fingerprint density at radius 1 is 0.737 bits per heavy atom. The first-order valence-corrected chi connectivity index (χ1v) is 16.1. The van der Waals surface area contributed by atoms with Crippen LogP contribution in [0.3, 0.4) is 0 Å². The highest BCUT2D eigenvalue weighted by atomic mass is 79.9. The van der Waals surface area contributed by atoms with E-state index in [0.717, 1.165) is 36.3 Å². The molecule has 0 bridgehead atoms. The highest BCUT2D eigenvalue weighted by Gasteiger charge is 2.42. The first-order valence-electron chi connectivity index (χ1n) is 7.49. The summed E-state index contributed by atoms with van der Waals surface area (Å²) in [6, 6.07) is 5.90. The van der Waals surface area contributed by atoms with Crippen molar-refractivity contribution in [1.82, 2.24) is 0 Å². The van der Waals surface area contributed by atoms with Gasteiger partial charge in [0.1, 0.15) is 0 Å². The maximum Gasteiger partial charge on any atom is 0.377 e. The molecular formula is C12H30BrO3PSi2. The number of rotatable bonds is 10. The molecule has 0 heterocycles. The molecule has 3 nitrogen and oxygen atoms in total. The van der Waals surface area contributed by atoms with Crippen LogP contribution >= 0.6 is 21.8 Å². The second-order valence-electron chi connectivity index (χ2n) is 5.10. The largest absolute Gasteiger partial charge is 0.377 e. The van der Waals surface area contributed by atoms with Crippen LogP contribution in [0.5, 0.6) is 0 Å². The molecule has 0 aliphatic rings. The second-order valence-corrected chi connectivity index (χ2v) is 19.0. The van der Waals surface area contributed by atoms with Gasteiger partial charge in [0.05, 0.1) is 0 Å². The van der Waals surface area contributed by atoms with E-state index in [1.807, 2.05) is 0 Å². The smallest absolute Gasteiger partial charge is 0.343 e. The fraction of sp³-hybridized carbons (Fsp3) is 1.00. The molecule has 0 aromatic heterocycles. The van der Waals surface area contributed by atoms with Gasteiger partial charge in [-0.1, -0.05) is 41.5 Å². The standard InChI is InChI=1S/C12H30BrO3PSi2/c1-7-18(8-2,9-3)15-17(13,14)16-19(10-4,11-5)12-6/h7-12H2,1-6H3. The molecule has 0 saturated carbocycles. The van der Waals surface area contributed by atoms with Crippen LogP contribution in [-0.2, 0) is 13.0 Å². The SMILES string of the molecule is CC[Si](CC)(CC)OP(=O)(Br)O[Si](CC)(CC)CC. The normalized spacial score (nSPS) is 13.8. The zero-order valence-electron chi connectivity index (χ0n) is 13.3. The molecule has 0 rings (SSSR count). The van der Waals surface area contributed by atoms with E-state index < -0.39 is 22.9 Å². The molecule has 116 valence electrons. The zero-order valence-corrected chi connectivity index (χ0v) is 17.8. The fourth-order valence-electron chi connectivity index (χ4n) is 2.37. The van der Waals surface area contributed by atoms with E-state index in [4.69, 9.17) is 8.43 Å². The lowest BCUT2D eigenvalue weighted by Gasteiger charge is -2.35. The lowest BCUT2D eigenvalue weighted by molar-refractivity contribution is 0.394. The first-order chi connectivity index (χ1) is 8.78. The molecule has 0 saturated heterocycles. The quantitative estimate of drug-likeness (QED) is 0.315. The Labute approximate surface area is 129 Å². The Hall–Kier alpha value is 1.06. The van der Waals surface area contributed by atoms with Crippen LogP contribution in [0.1, 0.15) is 41.5 Å². The monoisotopic (exact) mass is 388 g/mol. The van der Waals surface area contributed by atoms with Crippen LogP contribution in [0.15, 0.2) is 0 Å². The van der Waals surface area contributed by atoms with Gasteiger partial charge in [0, 0.05) is 15.5 Å². The average molecular weight is 389 g/mol. The van der Waals surface area contributed by atoms with Crippen LogP contribution in [-0.4, -0.2) is 16.6 Å². The third-order valence-corrected chi connectivity index (χ3v) is 19.7. The van der Waals surface area contributed by atoms with Gasteiger partial charge in [0.15, 0.2) is 0 Å². The molecule has 0 atom stereocenters. The molecular weight excluding hydrogens is 359 g/mol. The van der Waals surface area contributed by atoms with Gasteiger partial charge in [-0.2, -0.15) is 0 Å². The van der Waals surface area contributed by atoms with Crippen molar-refractivity contribution in [2.75, 3.05) is 0 Å². The molecule has 0 aromatic carbocycles. The molecule has 0 aliphatic heterocycles. The first kappa shape index (κ1) is 20.1. The second kappa shape index (κ2) is 8.49. The van der Waals surface area contributed by atoms with Gasteiger partial charge in [-0.05, 0) is 36.3 Å². The number of hydrogen-bond acceptors (Lipinski definition) is 3. The van der Waals surface area contributed by atoms with Crippen molar-refractivity contribution in [2.24, 2.45) is 0 Å². The molecule has 0 spiro atoms. The van der Waals surface area contributed by atoms with Crippen molar-refractivity contribution in [3.8, 4) is 0 Å². The predicted octanol–water partition coefficient (Wildman–Crippen LogP) is 6.53. The molecule has 0 aromatic rings. The maximum atomic E-state index is 12.7. The topological polar surface area (TPSA) is 35.5 Å². The van der Waals surface area contributed by atoms with Gasteiger partial charge in [0.2, 0.25) is 16.6 Å². The Balaban J connectivity index is 5.02. The molecule has 0 aliphatic carbocycles. The van der Waals surface area contributed by atoms with Crippen molar-refractivity contribution in [1.29, 1.82) is 0 Å². The van der Waals surface area contributed by atoms with E-state index >= 15 is 0 Å². The van der Waals surface area contributed by atoms with Crippen LogP contribution in [0.4, 0.5) is 0 Å². The van der Waals surface area contributed by atoms with Gasteiger partial charge in [-0.15, -0.1) is 0 Å². The molecule has 0 fully saturated rings. The van der Waals surface area contributed by atoms with E-state index in [1.165, 1.54) is 0 Å². The summed E-state index contributed by atoms with van der Waals surface area (Å²) in [5.74, 6) is 0. The Kier molecular flexibility index (Phi) is 8.97. The highest BCUT2D eigenvalue weighted by Crippen LogP contribution is 2.62. The molecule has 0 unspecified atom stereocenters. The lowest BCUT2D eigenvalue weighted by Crippen LogP contribution is -2.38. The van der Waals surface area contributed by atoms with Crippen molar-refractivity contribution in [2.45, 2.75) is 77.8 Å². The van der Waals surface area contributed by atoms with Crippen molar-refractivity contribution in [3.05, 3.63) is 0 Å². The minimum absolute atomic E-state index is 0.984. The Bertz CT molecular complexity index is 265.